The monoisotopic (exact) mass is 634 g/mol. The zero-order valence-electron chi connectivity index (χ0n) is 23.5. The van der Waals surface area contributed by atoms with Crippen LogP contribution in [0, 0.1) is 0 Å². The normalized spacial score (nSPS) is 17.7. The molecule has 4 aromatic rings. The van der Waals surface area contributed by atoms with Crippen LogP contribution in [0.5, 0.6) is 11.5 Å². The van der Waals surface area contributed by atoms with Gasteiger partial charge in [0.25, 0.3) is 5.91 Å². The van der Waals surface area contributed by atoms with E-state index in [1.807, 2.05) is 0 Å². The molecule has 1 aliphatic rings. The lowest BCUT2D eigenvalue weighted by Gasteiger charge is -2.31. The number of aliphatic hydroxyl groups is 1. The number of alkyl halides is 6. The number of fused-ring (bicyclic) bond motifs is 2. The van der Waals surface area contributed by atoms with Gasteiger partial charge in [-0.2, -0.15) is 26.3 Å². The summed E-state index contributed by atoms with van der Waals surface area (Å²) < 4.78 is 94.4. The highest BCUT2D eigenvalue weighted by Crippen LogP contribution is 2.48. The van der Waals surface area contributed by atoms with E-state index in [4.69, 9.17) is 15.2 Å². The Morgan fingerprint density at radius 3 is 2.38 bits per heavy atom. The summed E-state index contributed by atoms with van der Waals surface area (Å²) in [6.45, 7) is -0.538. The number of carbonyl (C=O) groups excluding carboxylic acids is 2. The van der Waals surface area contributed by atoms with Crippen molar-refractivity contribution < 1.29 is 50.5 Å². The number of hydrogen-bond acceptors (Lipinski definition) is 7. The third-order valence-electron chi connectivity index (χ3n) is 7.65. The van der Waals surface area contributed by atoms with Gasteiger partial charge in [0.1, 0.15) is 34.7 Å². The molecule has 9 nitrogen and oxygen atoms in total. The van der Waals surface area contributed by atoms with Crippen LogP contribution in [0.4, 0.5) is 26.3 Å². The molecule has 0 fully saturated rings. The highest BCUT2D eigenvalue weighted by Gasteiger charge is 2.57. The number of carbonyl (C=O) groups is 2. The molecule has 0 aliphatic carbocycles. The maximum absolute atomic E-state index is 14.7. The van der Waals surface area contributed by atoms with Gasteiger partial charge in [-0.05, 0) is 43.3 Å². The van der Waals surface area contributed by atoms with E-state index < -0.39 is 59.6 Å². The Labute approximate surface area is 251 Å². The summed E-state index contributed by atoms with van der Waals surface area (Å²) in [5, 5.41) is 13.7. The summed E-state index contributed by atoms with van der Waals surface area (Å²) in [4.78, 5) is 33.6. The van der Waals surface area contributed by atoms with Crippen LogP contribution in [-0.2, 0) is 22.0 Å². The van der Waals surface area contributed by atoms with Crippen molar-refractivity contribution in [3.05, 3.63) is 83.2 Å². The molecule has 45 heavy (non-hydrogen) atoms. The minimum absolute atomic E-state index is 0.0970. The third-order valence-corrected chi connectivity index (χ3v) is 7.65. The number of halogens is 6. The van der Waals surface area contributed by atoms with Gasteiger partial charge < -0.3 is 25.6 Å². The predicted molar refractivity (Wildman–Crippen MR) is 147 cm³/mol. The number of nitrogens with two attached hydrogens (primary N) is 1. The van der Waals surface area contributed by atoms with E-state index in [9.17, 15) is 41.0 Å². The van der Waals surface area contributed by atoms with Crippen LogP contribution in [-0.4, -0.2) is 53.3 Å². The maximum Gasteiger partial charge on any atom is 0.424 e. The number of amides is 2. The van der Waals surface area contributed by atoms with E-state index in [1.54, 1.807) is 12.1 Å². The molecule has 2 aromatic heterocycles. The van der Waals surface area contributed by atoms with Gasteiger partial charge in [0, 0.05) is 28.3 Å². The fourth-order valence-electron chi connectivity index (χ4n) is 4.90. The molecular weight excluding hydrogens is 610 g/mol. The number of ether oxygens (including phenoxy) is 2. The Morgan fingerprint density at radius 2 is 1.78 bits per heavy atom. The molecular formula is C30H24F6N4O5. The van der Waals surface area contributed by atoms with Gasteiger partial charge >= 0.3 is 12.4 Å². The first-order valence-electron chi connectivity index (χ1n) is 13.2. The molecule has 0 radical (unpaired) electrons. The number of hydrogen-bond donors (Lipinski definition) is 3. The lowest BCUT2D eigenvalue weighted by atomic mass is 9.81. The van der Waals surface area contributed by atoms with E-state index in [2.05, 4.69) is 15.3 Å². The van der Waals surface area contributed by atoms with Crippen molar-refractivity contribution >= 4 is 22.7 Å². The lowest BCUT2D eigenvalue weighted by molar-refractivity contribution is -0.265. The van der Waals surface area contributed by atoms with Gasteiger partial charge in [0.15, 0.2) is 0 Å². The molecule has 5 rings (SSSR count). The Bertz CT molecular complexity index is 1810. The molecule has 0 saturated carbocycles. The molecule has 2 aromatic carbocycles. The van der Waals surface area contributed by atoms with E-state index in [-0.39, 0.29) is 33.9 Å². The number of nitrogens with one attached hydrogen (secondary N) is 1. The minimum Gasteiger partial charge on any atom is -0.494 e. The summed E-state index contributed by atoms with van der Waals surface area (Å²) in [5.74, 6) is -1.99. The summed E-state index contributed by atoms with van der Waals surface area (Å²) in [7, 11) is 1.32. The second-order valence-corrected chi connectivity index (χ2v) is 10.6. The molecule has 2 unspecified atom stereocenters. The van der Waals surface area contributed by atoms with E-state index in [0.717, 1.165) is 18.2 Å². The summed E-state index contributed by atoms with van der Waals surface area (Å²) in [6, 6.07) is 9.96. The standard InChI is InChI=1S/C30H24F6N4O5/c1-27(26(37)42)14-45-24-19(27)12-21(40-23(24)15-5-7-18(8-6-15)29(31,32)33)28(43,30(34,35)36)13-39-25(41)17-10-16-4-3-9-38-22(16)20(11-17)44-2/h3-12,43H,13-14H2,1-2H3,(H2,37,42)(H,39,41). The highest BCUT2D eigenvalue weighted by atomic mass is 19.4. The van der Waals surface area contributed by atoms with Crippen molar-refractivity contribution in [2.75, 3.05) is 20.3 Å². The van der Waals surface area contributed by atoms with Crippen LogP contribution in [0.25, 0.3) is 22.2 Å². The van der Waals surface area contributed by atoms with Crippen LogP contribution < -0.4 is 20.5 Å². The second-order valence-electron chi connectivity index (χ2n) is 10.6. The number of rotatable bonds is 7. The average molecular weight is 635 g/mol. The minimum atomic E-state index is -5.45. The number of aromatic nitrogens is 2. The van der Waals surface area contributed by atoms with Crippen molar-refractivity contribution in [3.8, 4) is 22.8 Å². The van der Waals surface area contributed by atoms with Gasteiger partial charge in [0.2, 0.25) is 11.5 Å². The SMILES string of the molecule is COc1cc(C(=O)NCC(O)(c2cc3c(c(-c4ccc(C(F)(F)F)cc4)n2)OCC3(C)C(N)=O)C(F)(F)F)cc2cccnc12. The number of methoxy groups -OCH3 is 1. The molecule has 4 N–H and O–H groups in total. The molecule has 2 atom stereocenters. The maximum atomic E-state index is 14.7. The fourth-order valence-corrected chi connectivity index (χ4v) is 4.90. The van der Waals surface area contributed by atoms with E-state index >= 15 is 0 Å². The summed E-state index contributed by atoms with van der Waals surface area (Å²) >= 11 is 0. The molecule has 15 heteroatoms. The Kier molecular flexibility index (Phi) is 7.64. The van der Waals surface area contributed by atoms with Crippen LogP contribution in [0.1, 0.15) is 34.1 Å². The number of benzene rings is 2. The van der Waals surface area contributed by atoms with Gasteiger partial charge in [-0.15, -0.1) is 0 Å². The number of pyridine rings is 2. The predicted octanol–water partition coefficient (Wildman–Crippen LogP) is 4.64. The van der Waals surface area contributed by atoms with E-state index in [1.165, 1.54) is 32.4 Å². The first-order chi connectivity index (χ1) is 21.0. The molecule has 0 saturated heterocycles. The average Bonchev–Trinajstić information content (AvgIpc) is 3.35. The van der Waals surface area contributed by atoms with Crippen molar-refractivity contribution in [3.63, 3.8) is 0 Å². The largest absolute Gasteiger partial charge is 0.494 e. The lowest BCUT2D eigenvalue weighted by Crippen LogP contribution is -2.51. The quantitative estimate of drug-likeness (QED) is 0.252. The van der Waals surface area contributed by atoms with Crippen LogP contribution >= 0.6 is 0 Å². The second kappa shape index (κ2) is 10.9. The van der Waals surface area contributed by atoms with Gasteiger partial charge in [-0.1, -0.05) is 18.2 Å². The van der Waals surface area contributed by atoms with Crippen LogP contribution in [0.15, 0.2) is 60.8 Å². The molecule has 3 heterocycles. The summed E-state index contributed by atoms with van der Waals surface area (Å²) in [6.07, 6.45) is -8.66. The van der Waals surface area contributed by atoms with E-state index in [0.29, 0.717) is 23.0 Å². The molecule has 1 aliphatic heterocycles. The Hall–Kier alpha value is -4.92. The zero-order chi connectivity index (χ0) is 32.9. The third kappa shape index (κ3) is 5.47. The topological polar surface area (TPSA) is 137 Å². The highest BCUT2D eigenvalue weighted by molar-refractivity contribution is 6.00. The van der Waals surface area contributed by atoms with Crippen molar-refractivity contribution in [1.82, 2.24) is 15.3 Å². The van der Waals surface area contributed by atoms with Crippen molar-refractivity contribution in [2.45, 2.75) is 30.3 Å². The molecule has 0 bridgehead atoms. The molecule has 236 valence electrons. The van der Waals surface area contributed by atoms with Crippen LogP contribution in [0.3, 0.4) is 0 Å². The first-order valence-corrected chi connectivity index (χ1v) is 13.2. The number of nitrogens with zero attached hydrogens (tertiary/aromatic N) is 2. The first kappa shape index (κ1) is 31.5. The number of primary amides is 1. The van der Waals surface area contributed by atoms with Gasteiger partial charge in [0.05, 0.1) is 24.9 Å². The smallest absolute Gasteiger partial charge is 0.424 e. The Morgan fingerprint density at radius 1 is 1.09 bits per heavy atom. The van der Waals surface area contributed by atoms with Gasteiger partial charge in [-0.25, -0.2) is 4.98 Å². The summed E-state index contributed by atoms with van der Waals surface area (Å²) in [5.41, 5.74) is -2.39. The van der Waals surface area contributed by atoms with Crippen molar-refractivity contribution in [1.29, 1.82) is 0 Å². The molecule has 2 amide bonds. The van der Waals surface area contributed by atoms with Crippen LogP contribution in [0.2, 0.25) is 0 Å². The zero-order valence-corrected chi connectivity index (χ0v) is 23.5. The van der Waals surface area contributed by atoms with Gasteiger partial charge in [-0.3, -0.25) is 14.6 Å². The fraction of sp³-hybridized carbons (Fsp3) is 0.267. The van der Waals surface area contributed by atoms with Crippen molar-refractivity contribution in [2.24, 2.45) is 5.73 Å². The Balaban J connectivity index is 1.60. The molecule has 0 spiro atoms.